The fraction of sp³-hybridized carbons (Fsp3) is 0.389. The fourth-order valence-electron chi connectivity index (χ4n) is 3.88. The summed E-state index contributed by atoms with van der Waals surface area (Å²) < 4.78 is 6.13. The minimum absolute atomic E-state index is 0.161. The van der Waals surface area contributed by atoms with E-state index >= 15 is 0 Å². The van der Waals surface area contributed by atoms with Gasteiger partial charge in [-0.2, -0.15) is 0 Å². The molecule has 3 amide bonds. The number of benzene rings is 1. The Balaban J connectivity index is 1.45. The van der Waals surface area contributed by atoms with E-state index in [0.717, 1.165) is 30.0 Å². The minimum Gasteiger partial charge on any atom is -0.480 e. The summed E-state index contributed by atoms with van der Waals surface area (Å²) in [6, 6.07) is 3.17. The Bertz CT molecular complexity index is 856. The van der Waals surface area contributed by atoms with Gasteiger partial charge in [0.25, 0.3) is 5.91 Å². The molecule has 4 aliphatic rings. The van der Waals surface area contributed by atoms with E-state index in [1.54, 1.807) is 4.90 Å². The first kappa shape index (κ1) is 14.7. The van der Waals surface area contributed by atoms with Gasteiger partial charge in [-0.15, -0.1) is 0 Å². The van der Waals surface area contributed by atoms with Crippen LogP contribution in [0.15, 0.2) is 18.2 Å². The fourth-order valence-corrected chi connectivity index (χ4v) is 3.88. The lowest BCUT2D eigenvalue weighted by atomic mass is 9.91. The number of ether oxygens (including phenoxy) is 1. The van der Waals surface area contributed by atoms with Crippen LogP contribution >= 0.6 is 0 Å². The third-order valence-corrected chi connectivity index (χ3v) is 5.38. The van der Waals surface area contributed by atoms with Crippen molar-refractivity contribution in [3.05, 3.63) is 34.9 Å². The molecule has 1 aromatic carbocycles. The second-order valence-corrected chi connectivity index (χ2v) is 7.05. The van der Waals surface area contributed by atoms with Gasteiger partial charge in [0.1, 0.15) is 11.8 Å². The van der Waals surface area contributed by atoms with E-state index in [1.165, 1.54) is 0 Å². The third kappa shape index (κ3) is 2.12. The Morgan fingerprint density at radius 2 is 2.04 bits per heavy atom. The molecule has 2 saturated heterocycles. The van der Waals surface area contributed by atoms with Crippen LogP contribution < -0.4 is 15.4 Å². The Hall–Kier alpha value is -2.67. The highest BCUT2D eigenvalue weighted by Crippen LogP contribution is 2.38. The molecule has 7 heteroatoms. The Morgan fingerprint density at radius 1 is 1.20 bits per heavy atom. The predicted octanol–water partition coefficient (Wildman–Crippen LogP) is 0.195. The summed E-state index contributed by atoms with van der Waals surface area (Å²) in [5, 5.41) is 5.53. The molecule has 1 atom stereocenters. The number of nitrogens with zero attached hydrogens (tertiary/aromatic N) is 1. The lowest BCUT2D eigenvalue weighted by molar-refractivity contribution is -0.136. The van der Waals surface area contributed by atoms with Gasteiger partial charge in [-0.25, -0.2) is 0 Å². The van der Waals surface area contributed by atoms with Gasteiger partial charge in [-0.3, -0.25) is 19.7 Å². The van der Waals surface area contributed by atoms with Gasteiger partial charge in [-0.05, 0) is 30.2 Å². The molecule has 2 N–H and O–H groups in total. The number of piperidine rings is 1. The van der Waals surface area contributed by atoms with Gasteiger partial charge in [-0.1, -0.05) is 6.08 Å². The Kier molecular flexibility index (Phi) is 2.88. The van der Waals surface area contributed by atoms with Crippen molar-refractivity contribution >= 4 is 23.8 Å². The SMILES string of the molecule is O=C1CCC(N2Cc3cc4c(cc3C2=O)C=CC2(CNC2)O4)C(=O)N1. The maximum Gasteiger partial charge on any atom is 0.255 e. The zero-order chi connectivity index (χ0) is 17.2. The van der Waals surface area contributed by atoms with Crippen molar-refractivity contribution < 1.29 is 19.1 Å². The number of carbonyl (C=O) groups excluding carboxylic acids is 3. The summed E-state index contributed by atoms with van der Waals surface area (Å²) >= 11 is 0. The van der Waals surface area contributed by atoms with Crippen LogP contribution in [-0.2, 0) is 16.1 Å². The lowest BCUT2D eigenvalue weighted by Gasteiger charge is -2.42. The van der Waals surface area contributed by atoms with Crippen molar-refractivity contribution in [3.63, 3.8) is 0 Å². The van der Waals surface area contributed by atoms with E-state index < -0.39 is 11.9 Å². The molecule has 4 aliphatic heterocycles. The predicted molar refractivity (Wildman–Crippen MR) is 87.7 cm³/mol. The molecule has 25 heavy (non-hydrogen) atoms. The van der Waals surface area contributed by atoms with Crippen LogP contribution in [0, 0.1) is 0 Å². The van der Waals surface area contributed by atoms with Gasteiger partial charge in [0.2, 0.25) is 11.8 Å². The first-order valence-electron chi connectivity index (χ1n) is 8.45. The van der Waals surface area contributed by atoms with Gasteiger partial charge in [0.05, 0.1) is 0 Å². The summed E-state index contributed by atoms with van der Waals surface area (Å²) in [4.78, 5) is 37.8. The first-order chi connectivity index (χ1) is 12.0. The lowest BCUT2D eigenvalue weighted by Crippen LogP contribution is -2.62. The summed E-state index contributed by atoms with van der Waals surface area (Å²) in [6.07, 6.45) is 4.67. The second kappa shape index (κ2) is 4.92. The number of hydrogen-bond acceptors (Lipinski definition) is 5. The normalized spacial score (nSPS) is 26.0. The standard InChI is InChI=1S/C18H17N3O4/c22-15-2-1-13(16(23)20-15)21-7-11-6-14-10(5-12(11)17(21)24)3-4-18(25-14)8-19-9-18/h3-6,13,19H,1-2,7-9H2,(H,20,22,23). The van der Waals surface area contributed by atoms with Crippen LogP contribution in [-0.4, -0.2) is 47.4 Å². The molecular formula is C18H17N3O4. The maximum atomic E-state index is 12.8. The number of fused-ring (bicyclic) bond motifs is 2. The monoisotopic (exact) mass is 339 g/mol. The van der Waals surface area contributed by atoms with Crippen LogP contribution in [0.1, 0.15) is 34.3 Å². The van der Waals surface area contributed by atoms with Gasteiger partial charge in [0, 0.05) is 37.2 Å². The highest BCUT2D eigenvalue weighted by molar-refractivity contribution is 6.05. The number of amides is 3. The molecule has 0 bridgehead atoms. The Labute approximate surface area is 144 Å². The summed E-state index contributed by atoms with van der Waals surface area (Å²) in [5.74, 6) is -0.0522. The molecule has 128 valence electrons. The topological polar surface area (TPSA) is 87.7 Å². The molecule has 0 aromatic heterocycles. The molecule has 0 aliphatic carbocycles. The van der Waals surface area contributed by atoms with E-state index in [1.807, 2.05) is 24.3 Å². The highest BCUT2D eigenvalue weighted by Gasteiger charge is 2.42. The summed E-state index contributed by atoms with van der Waals surface area (Å²) in [5.41, 5.74) is 2.09. The number of hydrogen-bond donors (Lipinski definition) is 2. The van der Waals surface area contributed by atoms with Crippen molar-refractivity contribution in [1.82, 2.24) is 15.5 Å². The molecule has 2 fully saturated rings. The van der Waals surface area contributed by atoms with E-state index in [4.69, 9.17) is 4.74 Å². The molecule has 1 spiro atoms. The molecule has 7 nitrogen and oxygen atoms in total. The Morgan fingerprint density at radius 3 is 2.76 bits per heavy atom. The van der Waals surface area contributed by atoms with Crippen molar-refractivity contribution in [2.24, 2.45) is 0 Å². The largest absolute Gasteiger partial charge is 0.480 e. The summed E-state index contributed by atoms with van der Waals surface area (Å²) in [6.45, 7) is 1.93. The van der Waals surface area contributed by atoms with Crippen LogP contribution in [0.2, 0.25) is 0 Å². The second-order valence-electron chi connectivity index (χ2n) is 7.05. The molecule has 4 heterocycles. The average molecular weight is 339 g/mol. The molecule has 0 radical (unpaired) electrons. The number of nitrogens with one attached hydrogen (secondary N) is 2. The molecule has 1 unspecified atom stereocenters. The van der Waals surface area contributed by atoms with E-state index in [0.29, 0.717) is 18.5 Å². The summed E-state index contributed by atoms with van der Waals surface area (Å²) in [7, 11) is 0. The van der Waals surface area contributed by atoms with Gasteiger partial charge >= 0.3 is 0 Å². The van der Waals surface area contributed by atoms with E-state index in [2.05, 4.69) is 10.6 Å². The number of rotatable bonds is 1. The molecular weight excluding hydrogens is 322 g/mol. The highest BCUT2D eigenvalue weighted by atomic mass is 16.5. The smallest absolute Gasteiger partial charge is 0.255 e. The third-order valence-electron chi connectivity index (χ3n) is 5.38. The van der Waals surface area contributed by atoms with Gasteiger partial charge < -0.3 is 15.0 Å². The van der Waals surface area contributed by atoms with Crippen LogP contribution in [0.5, 0.6) is 5.75 Å². The molecule has 5 rings (SSSR count). The van der Waals surface area contributed by atoms with Crippen LogP contribution in [0.25, 0.3) is 6.08 Å². The van der Waals surface area contributed by atoms with Crippen molar-refractivity contribution in [2.45, 2.75) is 31.0 Å². The van der Waals surface area contributed by atoms with E-state index in [9.17, 15) is 14.4 Å². The molecule has 1 aromatic rings. The maximum absolute atomic E-state index is 12.8. The quantitative estimate of drug-likeness (QED) is 0.714. The van der Waals surface area contributed by atoms with Crippen molar-refractivity contribution in [2.75, 3.05) is 13.1 Å². The average Bonchev–Trinajstić information content (AvgIpc) is 2.87. The van der Waals surface area contributed by atoms with Crippen LogP contribution in [0.3, 0.4) is 0 Å². The first-order valence-corrected chi connectivity index (χ1v) is 8.45. The zero-order valence-electron chi connectivity index (χ0n) is 13.5. The zero-order valence-corrected chi connectivity index (χ0v) is 13.5. The number of carbonyl (C=O) groups is 3. The van der Waals surface area contributed by atoms with Crippen molar-refractivity contribution in [1.29, 1.82) is 0 Å². The van der Waals surface area contributed by atoms with Crippen LogP contribution in [0.4, 0.5) is 0 Å². The van der Waals surface area contributed by atoms with Gasteiger partial charge in [0.15, 0.2) is 5.60 Å². The minimum atomic E-state index is -0.590. The molecule has 0 saturated carbocycles. The van der Waals surface area contributed by atoms with E-state index in [-0.39, 0.29) is 23.8 Å². The van der Waals surface area contributed by atoms with Crippen molar-refractivity contribution in [3.8, 4) is 5.75 Å². The number of imide groups is 1.